The van der Waals surface area contributed by atoms with Crippen LogP contribution in [0.1, 0.15) is 34.8 Å². The summed E-state index contributed by atoms with van der Waals surface area (Å²) in [5, 5.41) is 1.46. The second kappa shape index (κ2) is 9.07. The molecule has 1 aliphatic heterocycles. The maximum atomic E-state index is 12.5. The lowest BCUT2D eigenvalue weighted by Crippen LogP contribution is -2.36. The lowest BCUT2D eigenvalue weighted by atomic mass is 10.0. The van der Waals surface area contributed by atoms with Crippen LogP contribution in [-0.2, 0) is 13.5 Å². The number of carbonyl (C=O) groups is 1. The van der Waals surface area contributed by atoms with E-state index < -0.39 is 11.7 Å². The summed E-state index contributed by atoms with van der Waals surface area (Å²) in [6, 6.07) is 11.4. The zero-order valence-corrected chi connectivity index (χ0v) is 19.8. The predicted molar refractivity (Wildman–Crippen MR) is 133 cm³/mol. The molecule has 0 atom stereocenters. The Morgan fingerprint density at radius 2 is 1.91 bits per heavy atom. The smallest absolute Gasteiger partial charge is 0.422 e. The van der Waals surface area contributed by atoms with Gasteiger partial charge in [0.2, 0.25) is 5.91 Å². The molecule has 1 fully saturated rings. The molecule has 35 heavy (non-hydrogen) atoms. The SMILES string of the molecule is COc1ccc2c(=O)n(C)c(=O)oc2c1CCN1CCC(n2ccc3ccc(C(N)=O)cc32)CC1. The normalized spacial score (nSPS) is 15.1. The number of ether oxygens (including phenoxy) is 1. The van der Waals surface area contributed by atoms with Crippen molar-refractivity contribution in [1.29, 1.82) is 0 Å². The summed E-state index contributed by atoms with van der Waals surface area (Å²) < 4.78 is 14.2. The Bertz CT molecular complexity index is 1540. The molecule has 2 aromatic heterocycles. The molecule has 1 aliphatic rings. The molecule has 0 aliphatic carbocycles. The quantitative estimate of drug-likeness (QED) is 0.457. The van der Waals surface area contributed by atoms with E-state index in [1.165, 1.54) is 7.05 Å². The Labute approximate surface area is 201 Å². The van der Waals surface area contributed by atoms with Crippen LogP contribution < -0.4 is 21.8 Å². The highest BCUT2D eigenvalue weighted by molar-refractivity contribution is 5.97. The highest BCUT2D eigenvalue weighted by Crippen LogP contribution is 2.30. The number of amides is 1. The van der Waals surface area contributed by atoms with Gasteiger partial charge in [-0.15, -0.1) is 0 Å². The van der Waals surface area contributed by atoms with Crippen LogP contribution in [0.4, 0.5) is 0 Å². The van der Waals surface area contributed by atoms with Crippen LogP contribution in [0.5, 0.6) is 5.75 Å². The van der Waals surface area contributed by atoms with Gasteiger partial charge in [0.25, 0.3) is 5.56 Å². The molecule has 0 unspecified atom stereocenters. The van der Waals surface area contributed by atoms with Gasteiger partial charge >= 0.3 is 5.76 Å². The maximum Gasteiger partial charge on any atom is 0.422 e. The van der Waals surface area contributed by atoms with Crippen LogP contribution in [0.15, 0.2) is 56.6 Å². The Hall–Kier alpha value is -3.85. The first kappa shape index (κ1) is 22.9. The largest absolute Gasteiger partial charge is 0.496 e. The highest BCUT2D eigenvalue weighted by atomic mass is 16.5. The van der Waals surface area contributed by atoms with E-state index in [-0.39, 0.29) is 5.56 Å². The minimum Gasteiger partial charge on any atom is -0.496 e. The topological polar surface area (TPSA) is 113 Å². The van der Waals surface area contributed by atoms with Crippen molar-refractivity contribution >= 4 is 27.8 Å². The molecular weight excluding hydrogens is 448 g/mol. The average Bonchev–Trinajstić information content (AvgIpc) is 3.29. The molecule has 2 N–H and O–H groups in total. The fourth-order valence-corrected chi connectivity index (χ4v) is 5.05. The Morgan fingerprint density at radius 1 is 1.14 bits per heavy atom. The van der Waals surface area contributed by atoms with Crippen molar-refractivity contribution in [3.63, 3.8) is 0 Å². The molecule has 2 aromatic carbocycles. The number of likely N-dealkylation sites (tertiary alicyclic amines) is 1. The van der Waals surface area contributed by atoms with E-state index in [0.717, 1.165) is 53.5 Å². The molecule has 9 nitrogen and oxygen atoms in total. The zero-order valence-electron chi connectivity index (χ0n) is 19.8. The molecule has 0 saturated carbocycles. The van der Waals surface area contributed by atoms with Crippen molar-refractivity contribution in [3.8, 4) is 5.75 Å². The number of piperidine rings is 1. The van der Waals surface area contributed by atoms with E-state index in [0.29, 0.717) is 34.7 Å². The second-order valence-electron chi connectivity index (χ2n) is 9.04. The third-order valence-corrected chi connectivity index (χ3v) is 7.07. The summed E-state index contributed by atoms with van der Waals surface area (Å²) in [7, 11) is 2.98. The van der Waals surface area contributed by atoms with E-state index in [4.69, 9.17) is 14.9 Å². The van der Waals surface area contributed by atoms with Crippen molar-refractivity contribution in [1.82, 2.24) is 14.0 Å². The van der Waals surface area contributed by atoms with Crippen molar-refractivity contribution in [3.05, 3.63) is 74.6 Å². The minimum atomic E-state index is -0.684. The fraction of sp³-hybridized carbons (Fsp3) is 0.346. The standard InChI is InChI=1S/C26H28N4O5/c1-28-25(32)20-5-6-22(34-2)19(23(20)35-26(28)33)10-13-29-11-8-18(9-12-29)30-14-7-16-3-4-17(24(27)31)15-21(16)30/h3-7,14-15,18H,8-13H2,1-2H3,(H2,27,31). The molecule has 1 saturated heterocycles. The first-order valence-electron chi connectivity index (χ1n) is 11.7. The van der Waals surface area contributed by atoms with Crippen molar-refractivity contribution in [2.45, 2.75) is 25.3 Å². The number of hydrogen-bond donors (Lipinski definition) is 1. The van der Waals surface area contributed by atoms with Gasteiger partial charge in [0.1, 0.15) is 5.75 Å². The molecule has 0 bridgehead atoms. The number of hydrogen-bond acceptors (Lipinski definition) is 6. The molecule has 3 heterocycles. The summed E-state index contributed by atoms with van der Waals surface area (Å²) in [6.07, 6.45) is 4.61. The van der Waals surface area contributed by atoms with Crippen LogP contribution in [0.3, 0.4) is 0 Å². The van der Waals surface area contributed by atoms with E-state index >= 15 is 0 Å². The number of rotatable bonds is 6. The lowest BCUT2D eigenvalue weighted by molar-refractivity contribution is 0.100. The number of primary amides is 1. The third kappa shape index (κ3) is 4.12. The summed E-state index contributed by atoms with van der Waals surface area (Å²) in [6.45, 7) is 2.55. The monoisotopic (exact) mass is 476 g/mol. The number of carbonyl (C=O) groups excluding carboxylic acids is 1. The number of methoxy groups -OCH3 is 1. The maximum absolute atomic E-state index is 12.5. The van der Waals surface area contributed by atoms with Gasteiger partial charge in [-0.2, -0.15) is 0 Å². The summed E-state index contributed by atoms with van der Waals surface area (Å²) >= 11 is 0. The predicted octanol–water partition coefficient (Wildman–Crippen LogP) is 2.43. The summed E-state index contributed by atoms with van der Waals surface area (Å²) in [4.78, 5) is 38.7. The molecular formula is C26H28N4O5. The first-order valence-corrected chi connectivity index (χ1v) is 11.7. The van der Waals surface area contributed by atoms with Crippen LogP contribution in [0.25, 0.3) is 21.9 Å². The average molecular weight is 477 g/mol. The van der Waals surface area contributed by atoms with Crippen LogP contribution >= 0.6 is 0 Å². The number of benzene rings is 2. The molecule has 5 rings (SSSR count). The number of nitrogens with two attached hydrogens (primary N) is 1. The van der Waals surface area contributed by atoms with Gasteiger partial charge in [-0.3, -0.25) is 9.59 Å². The third-order valence-electron chi connectivity index (χ3n) is 7.07. The van der Waals surface area contributed by atoms with Crippen LogP contribution in [0.2, 0.25) is 0 Å². The number of nitrogens with zero attached hydrogens (tertiary/aromatic N) is 3. The molecule has 0 radical (unpaired) electrons. The Kier molecular flexibility index (Phi) is 5.94. The summed E-state index contributed by atoms with van der Waals surface area (Å²) in [5.41, 5.74) is 7.67. The molecule has 9 heteroatoms. The van der Waals surface area contributed by atoms with Crippen LogP contribution in [0, 0.1) is 0 Å². The molecule has 182 valence electrons. The highest BCUT2D eigenvalue weighted by Gasteiger charge is 2.23. The van der Waals surface area contributed by atoms with E-state index in [1.54, 1.807) is 25.3 Å². The van der Waals surface area contributed by atoms with Gasteiger partial charge in [0.15, 0.2) is 5.58 Å². The van der Waals surface area contributed by atoms with Crippen LogP contribution in [-0.4, -0.2) is 46.7 Å². The first-order chi connectivity index (χ1) is 16.9. The fourth-order valence-electron chi connectivity index (χ4n) is 5.05. The van der Waals surface area contributed by atoms with Crippen molar-refractivity contribution in [2.24, 2.45) is 12.8 Å². The van der Waals surface area contributed by atoms with E-state index in [9.17, 15) is 14.4 Å². The van der Waals surface area contributed by atoms with Gasteiger partial charge in [-0.1, -0.05) is 6.07 Å². The van der Waals surface area contributed by atoms with Crippen molar-refractivity contribution in [2.75, 3.05) is 26.7 Å². The zero-order chi connectivity index (χ0) is 24.7. The van der Waals surface area contributed by atoms with E-state index in [1.807, 2.05) is 12.1 Å². The molecule has 1 amide bonds. The van der Waals surface area contributed by atoms with E-state index in [2.05, 4.69) is 21.7 Å². The van der Waals surface area contributed by atoms with Crippen molar-refractivity contribution < 1.29 is 13.9 Å². The van der Waals surface area contributed by atoms with Gasteiger partial charge < -0.3 is 24.4 Å². The van der Waals surface area contributed by atoms with Gasteiger partial charge in [-0.25, -0.2) is 9.36 Å². The molecule has 0 spiro atoms. The van der Waals surface area contributed by atoms with Gasteiger partial charge in [0.05, 0.1) is 12.5 Å². The lowest BCUT2D eigenvalue weighted by Gasteiger charge is -2.33. The Morgan fingerprint density at radius 3 is 2.63 bits per heavy atom. The number of fused-ring (bicyclic) bond motifs is 2. The second-order valence-corrected chi connectivity index (χ2v) is 9.04. The Balaban J connectivity index is 1.32. The van der Waals surface area contributed by atoms with Gasteiger partial charge in [0, 0.05) is 55.6 Å². The van der Waals surface area contributed by atoms with Gasteiger partial charge in [-0.05, 0) is 55.0 Å². The number of aromatic nitrogens is 2. The molecule has 4 aromatic rings. The summed E-state index contributed by atoms with van der Waals surface area (Å²) in [5.74, 6) is -0.504. The minimum absolute atomic E-state index is 0.302.